The number of hydrogen-bond donors (Lipinski definition) is 1. The van der Waals surface area contributed by atoms with Crippen molar-refractivity contribution >= 4 is 45.0 Å². The minimum atomic E-state index is -4.56. The lowest BCUT2D eigenvalue weighted by Crippen LogP contribution is -2.14. The van der Waals surface area contributed by atoms with Crippen LogP contribution in [0.2, 0.25) is 0 Å². The third kappa shape index (κ3) is 3.92. The van der Waals surface area contributed by atoms with Crippen molar-refractivity contribution in [2.24, 2.45) is 0 Å². The molecule has 3 heterocycles. The van der Waals surface area contributed by atoms with Gasteiger partial charge in [-0.25, -0.2) is 4.98 Å². The van der Waals surface area contributed by atoms with Gasteiger partial charge < -0.3 is 5.32 Å². The molecule has 3 aromatic heterocycles. The van der Waals surface area contributed by atoms with E-state index in [1.165, 1.54) is 11.3 Å². The van der Waals surface area contributed by atoms with Crippen LogP contribution in [-0.4, -0.2) is 21.1 Å². The standard InChI is InChI=1S/C12H7F3N4OS3/c13-12(14,15)10-18-19-11(23-10)17-8(20)4-6-5-22-9(16-6)7-2-1-3-21-7/h1-3,5H,4H2,(H,17,19,20). The smallest absolute Gasteiger partial charge is 0.300 e. The molecule has 0 radical (unpaired) electrons. The first-order chi connectivity index (χ1) is 10.9. The van der Waals surface area contributed by atoms with Gasteiger partial charge in [0.05, 0.1) is 17.0 Å². The number of carbonyl (C=O) groups excluding carboxylic acids is 1. The van der Waals surface area contributed by atoms with Gasteiger partial charge in [0.1, 0.15) is 5.01 Å². The van der Waals surface area contributed by atoms with E-state index < -0.39 is 17.1 Å². The van der Waals surface area contributed by atoms with Crippen LogP contribution in [0.1, 0.15) is 10.7 Å². The molecule has 0 fully saturated rings. The van der Waals surface area contributed by atoms with E-state index in [4.69, 9.17) is 0 Å². The molecule has 0 bridgehead atoms. The second-order valence-electron chi connectivity index (χ2n) is 4.26. The lowest BCUT2D eigenvalue weighted by molar-refractivity contribution is -0.138. The summed E-state index contributed by atoms with van der Waals surface area (Å²) < 4.78 is 37.2. The fraction of sp³-hybridized carbons (Fsp3) is 0.167. The molecule has 3 aromatic rings. The van der Waals surface area contributed by atoms with Crippen molar-refractivity contribution in [2.75, 3.05) is 5.32 Å². The second-order valence-corrected chi connectivity index (χ2v) is 7.04. The molecular weight excluding hydrogens is 369 g/mol. The number of amides is 1. The quantitative estimate of drug-likeness (QED) is 0.749. The number of halogens is 3. The van der Waals surface area contributed by atoms with Gasteiger partial charge in [-0.2, -0.15) is 13.2 Å². The SMILES string of the molecule is O=C(Cc1csc(-c2cccs2)n1)Nc1nnc(C(F)(F)F)s1. The van der Waals surface area contributed by atoms with Gasteiger partial charge in [-0.05, 0) is 11.4 Å². The van der Waals surface area contributed by atoms with Crippen LogP contribution in [0.5, 0.6) is 0 Å². The van der Waals surface area contributed by atoms with E-state index in [1.807, 2.05) is 17.5 Å². The maximum atomic E-state index is 12.4. The van der Waals surface area contributed by atoms with E-state index >= 15 is 0 Å². The predicted molar refractivity (Wildman–Crippen MR) is 82.7 cm³/mol. The van der Waals surface area contributed by atoms with Gasteiger partial charge >= 0.3 is 6.18 Å². The van der Waals surface area contributed by atoms with E-state index in [9.17, 15) is 18.0 Å². The molecule has 0 aliphatic heterocycles. The first-order valence-electron chi connectivity index (χ1n) is 6.10. The Morgan fingerprint density at radius 3 is 2.74 bits per heavy atom. The predicted octanol–water partition coefficient (Wildman–Crippen LogP) is 3.92. The monoisotopic (exact) mass is 376 g/mol. The second kappa shape index (κ2) is 6.34. The van der Waals surface area contributed by atoms with Crippen LogP contribution in [0.25, 0.3) is 9.88 Å². The van der Waals surface area contributed by atoms with Crippen molar-refractivity contribution in [1.29, 1.82) is 0 Å². The van der Waals surface area contributed by atoms with Crippen molar-refractivity contribution in [3.63, 3.8) is 0 Å². The molecule has 0 saturated heterocycles. The fourth-order valence-electron chi connectivity index (χ4n) is 1.62. The summed E-state index contributed by atoms with van der Waals surface area (Å²) in [6.45, 7) is 0. The molecule has 0 aromatic carbocycles. The summed E-state index contributed by atoms with van der Waals surface area (Å²) in [5.41, 5.74) is 0.552. The lowest BCUT2D eigenvalue weighted by Gasteiger charge is -1.99. The Kier molecular flexibility index (Phi) is 4.41. The van der Waals surface area contributed by atoms with E-state index in [1.54, 1.807) is 16.7 Å². The van der Waals surface area contributed by atoms with Crippen molar-refractivity contribution < 1.29 is 18.0 Å². The van der Waals surface area contributed by atoms with Crippen molar-refractivity contribution in [3.05, 3.63) is 33.6 Å². The average Bonchev–Trinajstić information content (AvgIpc) is 3.17. The molecule has 3 rings (SSSR count). The Balaban J connectivity index is 1.62. The van der Waals surface area contributed by atoms with E-state index in [0.717, 1.165) is 9.88 Å². The number of nitrogens with one attached hydrogen (secondary N) is 1. The van der Waals surface area contributed by atoms with Crippen molar-refractivity contribution in [3.8, 4) is 9.88 Å². The first kappa shape index (κ1) is 16.0. The largest absolute Gasteiger partial charge is 0.445 e. The first-order valence-corrected chi connectivity index (χ1v) is 8.68. The molecule has 120 valence electrons. The number of hydrogen-bond acceptors (Lipinski definition) is 7. The molecule has 1 amide bonds. The summed E-state index contributed by atoms with van der Waals surface area (Å²) in [4.78, 5) is 17.2. The van der Waals surface area contributed by atoms with Gasteiger partial charge in [-0.1, -0.05) is 17.4 Å². The minimum absolute atomic E-state index is 0.0389. The zero-order valence-electron chi connectivity index (χ0n) is 11.1. The maximum absolute atomic E-state index is 12.4. The zero-order valence-corrected chi connectivity index (χ0v) is 13.6. The molecule has 0 aliphatic rings. The number of aromatic nitrogens is 3. The third-order valence-corrected chi connectivity index (χ3v) is 5.35. The fourth-order valence-corrected chi connectivity index (χ4v) is 3.88. The Morgan fingerprint density at radius 1 is 1.26 bits per heavy atom. The van der Waals surface area contributed by atoms with Gasteiger partial charge in [-0.3, -0.25) is 4.79 Å². The van der Waals surface area contributed by atoms with Crippen LogP contribution in [0, 0.1) is 0 Å². The summed E-state index contributed by atoms with van der Waals surface area (Å²) in [6, 6.07) is 3.83. The molecule has 23 heavy (non-hydrogen) atoms. The molecule has 0 saturated carbocycles. The number of nitrogens with zero attached hydrogens (tertiary/aromatic N) is 3. The van der Waals surface area contributed by atoms with Crippen LogP contribution < -0.4 is 5.32 Å². The van der Waals surface area contributed by atoms with E-state index in [2.05, 4.69) is 20.5 Å². The van der Waals surface area contributed by atoms with Crippen LogP contribution >= 0.6 is 34.0 Å². The van der Waals surface area contributed by atoms with Crippen LogP contribution in [0.3, 0.4) is 0 Å². The Morgan fingerprint density at radius 2 is 2.09 bits per heavy atom. The van der Waals surface area contributed by atoms with Crippen molar-refractivity contribution in [2.45, 2.75) is 12.6 Å². The highest BCUT2D eigenvalue weighted by molar-refractivity contribution is 7.20. The lowest BCUT2D eigenvalue weighted by atomic mass is 10.3. The van der Waals surface area contributed by atoms with Crippen LogP contribution in [-0.2, 0) is 17.4 Å². The van der Waals surface area contributed by atoms with Gasteiger partial charge in [0.2, 0.25) is 16.0 Å². The molecule has 0 spiro atoms. The summed E-state index contributed by atoms with van der Waals surface area (Å²) in [6.07, 6.45) is -4.60. The highest BCUT2D eigenvalue weighted by atomic mass is 32.1. The molecule has 1 N–H and O–H groups in total. The van der Waals surface area contributed by atoms with Gasteiger partial charge in [0, 0.05) is 5.38 Å². The topological polar surface area (TPSA) is 67.8 Å². The number of alkyl halides is 3. The molecule has 11 heteroatoms. The molecule has 0 unspecified atom stereocenters. The Bertz CT molecular complexity index is 810. The normalized spacial score (nSPS) is 11.6. The Labute approximate surface area is 139 Å². The molecule has 5 nitrogen and oxygen atoms in total. The number of anilines is 1. The third-order valence-electron chi connectivity index (χ3n) is 2.54. The Hall–Kier alpha value is -1.85. The van der Waals surface area contributed by atoms with Gasteiger partial charge in [-0.15, -0.1) is 32.9 Å². The van der Waals surface area contributed by atoms with E-state index in [-0.39, 0.29) is 22.9 Å². The summed E-state index contributed by atoms with van der Waals surface area (Å²) in [5.74, 6) is -0.488. The van der Waals surface area contributed by atoms with Gasteiger partial charge in [0.25, 0.3) is 0 Å². The maximum Gasteiger partial charge on any atom is 0.445 e. The average molecular weight is 376 g/mol. The molecule has 0 aliphatic carbocycles. The zero-order chi connectivity index (χ0) is 16.4. The number of thiophene rings is 1. The number of rotatable bonds is 4. The van der Waals surface area contributed by atoms with Crippen LogP contribution in [0.15, 0.2) is 22.9 Å². The molecule has 0 atom stereocenters. The summed E-state index contributed by atoms with van der Waals surface area (Å²) in [5, 5.41) is 11.8. The highest BCUT2D eigenvalue weighted by Crippen LogP contribution is 2.33. The van der Waals surface area contributed by atoms with Crippen LogP contribution in [0.4, 0.5) is 18.3 Å². The summed E-state index contributed by atoms with van der Waals surface area (Å²) >= 11 is 3.23. The summed E-state index contributed by atoms with van der Waals surface area (Å²) in [7, 11) is 0. The van der Waals surface area contributed by atoms with E-state index in [0.29, 0.717) is 5.69 Å². The van der Waals surface area contributed by atoms with Crippen molar-refractivity contribution in [1.82, 2.24) is 15.2 Å². The highest BCUT2D eigenvalue weighted by Gasteiger charge is 2.35. The number of carbonyl (C=O) groups is 1. The number of thiazole rings is 1. The minimum Gasteiger partial charge on any atom is -0.300 e. The van der Waals surface area contributed by atoms with Gasteiger partial charge in [0.15, 0.2) is 0 Å². The molecular formula is C12H7F3N4OS3.